The van der Waals surface area contributed by atoms with Crippen LogP contribution in [0.5, 0.6) is 0 Å². The minimum Gasteiger partial charge on any atom is -0.302 e. The molecule has 0 aromatic heterocycles. The molecule has 5 heteroatoms. The molecule has 0 amide bonds. The molecular weight excluding hydrogens is 154 g/mol. The zero-order chi connectivity index (χ0) is 8.20. The molecule has 0 spiro atoms. The van der Waals surface area contributed by atoms with Crippen molar-refractivity contribution in [2.24, 2.45) is 0 Å². The molecule has 0 unspecified atom stereocenters. The van der Waals surface area contributed by atoms with Crippen LogP contribution in [0.4, 0.5) is 0 Å². The van der Waals surface area contributed by atoms with Crippen LogP contribution in [0.3, 0.4) is 0 Å². The molecule has 0 radical (unpaired) electrons. The van der Waals surface area contributed by atoms with Crippen LogP contribution in [0.15, 0.2) is 0 Å². The van der Waals surface area contributed by atoms with E-state index in [1.807, 2.05) is 0 Å². The van der Waals surface area contributed by atoms with Gasteiger partial charge in [0.15, 0.2) is 0 Å². The molecule has 0 heterocycles. The molecule has 0 saturated carbocycles. The second kappa shape index (κ2) is 3.68. The minimum absolute atomic E-state index is 0.0390. The van der Waals surface area contributed by atoms with E-state index in [1.54, 1.807) is 0 Å². The topological polar surface area (TPSA) is 54.5 Å². The molecule has 0 fully saturated rings. The second-order valence-electron chi connectivity index (χ2n) is 1.85. The third-order valence-corrected chi connectivity index (χ3v) is 3.00. The predicted molar refractivity (Wildman–Crippen MR) is 38.2 cm³/mol. The number of rotatable bonds is 4. The van der Waals surface area contributed by atoms with Crippen LogP contribution < -0.4 is 0 Å². The molecule has 60 valence electrons. The molecule has 0 saturated heterocycles. The Bertz CT molecular complexity index is 197. The average Bonchev–Trinajstić information content (AvgIpc) is 1.89. The highest BCUT2D eigenvalue weighted by Gasteiger charge is 2.12. The molecule has 0 rings (SSSR count). The number of aldehydes is 1. The summed E-state index contributed by atoms with van der Waals surface area (Å²) in [5.41, 5.74) is 0. The van der Waals surface area contributed by atoms with Crippen LogP contribution in [-0.4, -0.2) is 38.4 Å². The lowest BCUT2D eigenvalue weighted by molar-refractivity contribution is -0.107. The Morgan fingerprint density at radius 1 is 1.50 bits per heavy atom. The van der Waals surface area contributed by atoms with Crippen LogP contribution in [0.2, 0.25) is 0 Å². The molecule has 0 N–H and O–H groups in total. The molecule has 0 aliphatic heterocycles. The third kappa shape index (κ3) is 2.45. The van der Waals surface area contributed by atoms with E-state index in [0.29, 0.717) is 6.29 Å². The number of carbonyl (C=O) groups is 1. The number of hydrogen-bond donors (Lipinski definition) is 0. The first-order chi connectivity index (χ1) is 4.54. The first-order valence-electron chi connectivity index (χ1n) is 2.92. The van der Waals surface area contributed by atoms with Crippen molar-refractivity contribution in [1.29, 1.82) is 0 Å². The molecule has 0 aromatic rings. The molecule has 0 aromatic carbocycles. The van der Waals surface area contributed by atoms with Crippen LogP contribution in [0.25, 0.3) is 0 Å². The Kier molecular flexibility index (Phi) is 3.52. The van der Waals surface area contributed by atoms with Crippen molar-refractivity contribution in [3.05, 3.63) is 0 Å². The maximum atomic E-state index is 10.9. The Labute approximate surface area is 60.9 Å². The van der Waals surface area contributed by atoms with E-state index in [0.717, 1.165) is 4.31 Å². The minimum atomic E-state index is -3.16. The fourth-order valence-corrected chi connectivity index (χ4v) is 1.17. The van der Waals surface area contributed by atoms with Crippen molar-refractivity contribution in [1.82, 2.24) is 4.31 Å². The molecule has 10 heavy (non-hydrogen) atoms. The van der Waals surface area contributed by atoms with Crippen molar-refractivity contribution in [2.75, 3.05) is 19.3 Å². The van der Waals surface area contributed by atoms with Gasteiger partial charge in [0.05, 0.1) is 12.3 Å². The highest BCUT2D eigenvalue weighted by Crippen LogP contribution is 1.94. The molecule has 0 atom stereocenters. The number of likely N-dealkylation sites (N-methyl/N-ethyl adjacent to an activating group) is 1. The van der Waals surface area contributed by atoms with Gasteiger partial charge in [0.25, 0.3) is 0 Å². The van der Waals surface area contributed by atoms with Crippen molar-refractivity contribution in [3.8, 4) is 0 Å². The summed E-state index contributed by atoms with van der Waals surface area (Å²) in [6.45, 7) is 1.48. The van der Waals surface area contributed by atoms with E-state index >= 15 is 0 Å². The Balaban J connectivity index is 4.19. The van der Waals surface area contributed by atoms with Gasteiger partial charge in [0, 0.05) is 7.05 Å². The highest BCUT2D eigenvalue weighted by atomic mass is 32.2. The predicted octanol–water partition coefficient (Wildman–Crippen LogP) is -0.533. The quantitative estimate of drug-likeness (QED) is 0.526. The van der Waals surface area contributed by atoms with Crippen molar-refractivity contribution >= 4 is 16.3 Å². The molecule has 4 nitrogen and oxygen atoms in total. The number of hydrogen-bond acceptors (Lipinski definition) is 3. The Morgan fingerprint density at radius 2 is 2.00 bits per heavy atom. The lowest BCUT2D eigenvalue weighted by Gasteiger charge is -2.11. The molecule has 0 bridgehead atoms. The van der Waals surface area contributed by atoms with E-state index in [9.17, 15) is 13.2 Å². The fourth-order valence-electron chi connectivity index (χ4n) is 0.439. The SMILES string of the molecule is CCS(=O)(=O)N(C)CC=O. The van der Waals surface area contributed by atoms with Crippen LogP contribution >= 0.6 is 0 Å². The van der Waals surface area contributed by atoms with E-state index in [2.05, 4.69) is 0 Å². The van der Waals surface area contributed by atoms with E-state index in [4.69, 9.17) is 0 Å². The van der Waals surface area contributed by atoms with Crippen LogP contribution in [0.1, 0.15) is 6.92 Å². The molecule has 0 aliphatic carbocycles. The maximum absolute atomic E-state index is 10.9. The standard InChI is InChI=1S/C5H11NO3S/c1-3-10(8,9)6(2)4-5-7/h5H,3-4H2,1-2H3. The average molecular weight is 165 g/mol. The van der Waals surface area contributed by atoms with Crippen LogP contribution in [-0.2, 0) is 14.8 Å². The zero-order valence-electron chi connectivity index (χ0n) is 6.07. The summed E-state index contributed by atoms with van der Waals surface area (Å²) in [4.78, 5) is 9.87. The number of carbonyl (C=O) groups excluding carboxylic acids is 1. The van der Waals surface area contributed by atoms with Gasteiger partial charge >= 0.3 is 0 Å². The number of sulfonamides is 1. The normalized spacial score (nSPS) is 11.9. The summed E-state index contributed by atoms with van der Waals surface area (Å²) in [7, 11) is -1.78. The lowest BCUT2D eigenvalue weighted by atomic mass is 10.7. The van der Waals surface area contributed by atoms with Gasteiger partial charge in [-0.3, -0.25) is 0 Å². The van der Waals surface area contributed by atoms with Gasteiger partial charge < -0.3 is 4.79 Å². The third-order valence-electron chi connectivity index (χ3n) is 1.17. The van der Waals surface area contributed by atoms with Crippen molar-refractivity contribution < 1.29 is 13.2 Å². The van der Waals surface area contributed by atoms with Crippen molar-refractivity contribution in [2.45, 2.75) is 6.92 Å². The van der Waals surface area contributed by atoms with E-state index < -0.39 is 10.0 Å². The fraction of sp³-hybridized carbons (Fsp3) is 0.800. The van der Waals surface area contributed by atoms with E-state index in [-0.39, 0.29) is 12.3 Å². The van der Waals surface area contributed by atoms with E-state index in [1.165, 1.54) is 14.0 Å². The second-order valence-corrected chi connectivity index (χ2v) is 4.21. The lowest BCUT2D eigenvalue weighted by Crippen LogP contribution is -2.29. The summed E-state index contributed by atoms with van der Waals surface area (Å²) >= 11 is 0. The first-order valence-corrected chi connectivity index (χ1v) is 4.53. The highest BCUT2D eigenvalue weighted by molar-refractivity contribution is 7.89. The smallest absolute Gasteiger partial charge is 0.213 e. The largest absolute Gasteiger partial charge is 0.302 e. The van der Waals surface area contributed by atoms with Crippen molar-refractivity contribution in [3.63, 3.8) is 0 Å². The van der Waals surface area contributed by atoms with Gasteiger partial charge in [-0.15, -0.1) is 0 Å². The molecule has 0 aliphatic rings. The van der Waals surface area contributed by atoms with Gasteiger partial charge in [-0.25, -0.2) is 8.42 Å². The van der Waals surface area contributed by atoms with Gasteiger partial charge in [-0.1, -0.05) is 0 Å². The molecular formula is C5H11NO3S. The Hall–Kier alpha value is -0.420. The summed E-state index contributed by atoms with van der Waals surface area (Å²) in [5.74, 6) is 0.0390. The number of nitrogens with zero attached hydrogens (tertiary/aromatic N) is 1. The van der Waals surface area contributed by atoms with Gasteiger partial charge in [-0.05, 0) is 6.92 Å². The summed E-state index contributed by atoms with van der Waals surface area (Å²) in [6.07, 6.45) is 0.563. The first kappa shape index (κ1) is 9.58. The van der Waals surface area contributed by atoms with Gasteiger partial charge in [0.2, 0.25) is 10.0 Å². The summed E-state index contributed by atoms with van der Waals surface area (Å²) in [5, 5.41) is 0. The van der Waals surface area contributed by atoms with Crippen LogP contribution in [0, 0.1) is 0 Å². The summed E-state index contributed by atoms with van der Waals surface area (Å²) < 4.78 is 22.7. The van der Waals surface area contributed by atoms with Gasteiger partial charge in [-0.2, -0.15) is 4.31 Å². The maximum Gasteiger partial charge on any atom is 0.213 e. The monoisotopic (exact) mass is 165 g/mol. The summed E-state index contributed by atoms with van der Waals surface area (Å²) in [6, 6.07) is 0. The zero-order valence-corrected chi connectivity index (χ0v) is 6.89. The van der Waals surface area contributed by atoms with Gasteiger partial charge in [0.1, 0.15) is 6.29 Å². The Morgan fingerprint density at radius 3 is 2.30 bits per heavy atom.